The molecule has 0 aliphatic carbocycles. The Morgan fingerprint density at radius 2 is 2.28 bits per heavy atom. The molecule has 94 valence electrons. The van der Waals surface area contributed by atoms with Crippen LogP contribution in [0.1, 0.15) is 12.5 Å². The molecular weight excluding hydrogens is 258 g/mol. The quantitative estimate of drug-likeness (QED) is 0.681. The van der Waals surface area contributed by atoms with Gasteiger partial charge in [0.15, 0.2) is 0 Å². The van der Waals surface area contributed by atoms with Crippen LogP contribution in [0.2, 0.25) is 5.02 Å². The number of nitrogens with two attached hydrogens (primary N) is 1. The van der Waals surface area contributed by atoms with Crippen LogP contribution in [0.4, 0.5) is 11.6 Å². The second kappa shape index (κ2) is 4.66. The number of nitro groups is 1. The average molecular weight is 268 g/mol. The number of anilines is 1. The Morgan fingerprint density at radius 3 is 2.89 bits per heavy atom. The fourth-order valence-electron chi connectivity index (χ4n) is 1.73. The van der Waals surface area contributed by atoms with E-state index in [9.17, 15) is 10.1 Å². The van der Waals surface area contributed by atoms with Crippen LogP contribution in [0.15, 0.2) is 22.7 Å². The van der Waals surface area contributed by atoms with E-state index in [1.54, 1.807) is 6.07 Å². The molecule has 2 rings (SSSR count). The van der Waals surface area contributed by atoms with Gasteiger partial charge in [-0.05, 0) is 18.6 Å². The van der Waals surface area contributed by atoms with E-state index in [2.05, 4.69) is 5.16 Å². The van der Waals surface area contributed by atoms with Gasteiger partial charge in [-0.2, -0.15) is 0 Å². The minimum Gasteiger partial charge on any atom is -0.367 e. The molecular formula is C11H10ClN3O3. The molecule has 6 nitrogen and oxygen atoms in total. The molecule has 0 saturated carbocycles. The van der Waals surface area contributed by atoms with Crippen LogP contribution < -0.4 is 5.73 Å². The largest absolute Gasteiger partial charge is 0.367 e. The highest BCUT2D eigenvalue weighted by molar-refractivity contribution is 6.30. The lowest BCUT2D eigenvalue weighted by Crippen LogP contribution is -1.95. The number of hydrogen-bond donors (Lipinski definition) is 1. The summed E-state index contributed by atoms with van der Waals surface area (Å²) in [5, 5.41) is 15.1. The fourth-order valence-corrected chi connectivity index (χ4v) is 1.90. The van der Waals surface area contributed by atoms with Crippen LogP contribution >= 0.6 is 11.6 Å². The van der Waals surface area contributed by atoms with Gasteiger partial charge in [0.2, 0.25) is 5.88 Å². The van der Waals surface area contributed by atoms with E-state index in [0.717, 1.165) is 0 Å². The molecule has 0 aliphatic heterocycles. The van der Waals surface area contributed by atoms with Crippen LogP contribution in [0.3, 0.4) is 0 Å². The number of rotatable bonds is 3. The van der Waals surface area contributed by atoms with Gasteiger partial charge < -0.3 is 10.3 Å². The third kappa shape index (κ3) is 2.02. The third-order valence-electron chi connectivity index (χ3n) is 2.58. The maximum atomic E-state index is 11.0. The van der Waals surface area contributed by atoms with Gasteiger partial charge in [-0.15, -0.1) is 0 Å². The predicted molar refractivity (Wildman–Crippen MR) is 67.4 cm³/mol. The predicted octanol–water partition coefficient (Wildman–Crippen LogP) is 3.05. The molecule has 0 aliphatic rings. The molecule has 7 heteroatoms. The van der Waals surface area contributed by atoms with Crippen molar-refractivity contribution in [2.24, 2.45) is 0 Å². The first-order valence-electron chi connectivity index (χ1n) is 5.23. The molecule has 0 bridgehead atoms. The Labute approximate surface area is 107 Å². The van der Waals surface area contributed by atoms with Crippen LogP contribution in [0.5, 0.6) is 0 Å². The molecule has 0 atom stereocenters. The first-order chi connectivity index (χ1) is 8.54. The smallest absolute Gasteiger partial charge is 0.280 e. The minimum atomic E-state index is -0.508. The van der Waals surface area contributed by atoms with Crippen molar-refractivity contribution in [3.05, 3.63) is 38.9 Å². The molecule has 2 N–H and O–H groups in total. The summed E-state index contributed by atoms with van der Waals surface area (Å²) in [6.45, 7) is 1.87. The zero-order valence-corrected chi connectivity index (χ0v) is 10.3. The zero-order chi connectivity index (χ0) is 13.3. The monoisotopic (exact) mass is 267 g/mol. The minimum absolute atomic E-state index is 0.120. The van der Waals surface area contributed by atoms with Crippen molar-refractivity contribution in [2.75, 3.05) is 5.73 Å². The van der Waals surface area contributed by atoms with Gasteiger partial charge in [0.1, 0.15) is 5.69 Å². The normalized spacial score (nSPS) is 10.6. The molecule has 0 saturated heterocycles. The van der Waals surface area contributed by atoms with Crippen molar-refractivity contribution in [2.45, 2.75) is 13.3 Å². The van der Waals surface area contributed by atoms with E-state index < -0.39 is 4.92 Å². The summed E-state index contributed by atoms with van der Waals surface area (Å²) in [4.78, 5) is 10.5. The Kier molecular flexibility index (Phi) is 3.20. The van der Waals surface area contributed by atoms with Crippen LogP contribution in [0, 0.1) is 10.1 Å². The number of nitrogen functional groups attached to an aromatic ring is 1. The van der Waals surface area contributed by atoms with E-state index in [4.69, 9.17) is 21.9 Å². The lowest BCUT2D eigenvalue weighted by atomic mass is 10.0. The number of nitro benzene ring substituents is 1. The van der Waals surface area contributed by atoms with E-state index in [1.807, 2.05) is 6.92 Å². The average Bonchev–Trinajstić information content (AvgIpc) is 2.70. The molecule has 18 heavy (non-hydrogen) atoms. The summed E-state index contributed by atoms with van der Waals surface area (Å²) >= 11 is 5.75. The fraction of sp³-hybridized carbons (Fsp3) is 0.182. The lowest BCUT2D eigenvalue weighted by molar-refractivity contribution is -0.384. The number of nitrogens with zero attached hydrogens (tertiary/aromatic N) is 2. The summed E-state index contributed by atoms with van der Waals surface area (Å²) in [5.41, 5.74) is 6.89. The second-order valence-corrected chi connectivity index (χ2v) is 4.08. The van der Waals surface area contributed by atoms with Crippen LogP contribution in [-0.2, 0) is 6.42 Å². The van der Waals surface area contributed by atoms with Crippen molar-refractivity contribution in [3.63, 3.8) is 0 Å². The molecule has 0 radical (unpaired) electrons. The Balaban J connectivity index is 2.67. The highest BCUT2D eigenvalue weighted by Gasteiger charge is 2.22. The summed E-state index contributed by atoms with van der Waals surface area (Å²) in [7, 11) is 0. The van der Waals surface area contributed by atoms with Gasteiger partial charge in [-0.3, -0.25) is 10.1 Å². The molecule has 0 unspecified atom stereocenters. The van der Waals surface area contributed by atoms with E-state index in [-0.39, 0.29) is 11.6 Å². The Morgan fingerprint density at radius 1 is 1.56 bits per heavy atom. The van der Waals surface area contributed by atoms with E-state index >= 15 is 0 Å². The molecule has 0 fully saturated rings. The third-order valence-corrected chi connectivity index (χ3v) is 2.82. The van der Waals surface area contributed by atoms with Crippen LogP contribution in [0.25, 0.3) is 11.3 Å². The SMILES string of the molecule is CCc1c(-c2ccc(Cl)cc2[N+](=O)[O-])noc1N. The lowest BCUT2D eigenvalue weighted by Gasteiger charge is -2.02. The van der Waals surface area contributed by atoms with Gasteiger partial charge in [-0.1, -0.05) is 23.7 Å². The molecule has 0 spiro atoms. The van der Waals surface area contributed by atoms with Crippen molar-refractivity contribution in [3.8, 4) is 11.3 Å². The summed E-state index contributed by atoms with van der Waals surface area (Å²) in [6, 6.07) is 4.38. The standard InChI is InChI=1S/C11H10ClN3O3/c1-2-7-10(14-18-11(7)13)8-4-3-6(12)5-9(8)15(16)17/h3-5H,2,13H2,1H3. The van der Waals surface area contributed by atoms with Crippen LogP contribution in [-0.4, -0.2) is 10.1 Å². The highest BCUT2D eigenvalue weighted by atomic mass is 35.5. The van der Waals surface area contributed by atoms with E-state index in [0.29, 0.717) is 28.3 Å². The number of hydrogen-bond acceptors (Lipinski definition) is 5. The van der Waals surface area contributed by atoms with Crippen molar-refractivity contribution in [1.82, 2.24) is 5.16 Å². The van der Waals surface area contributed by atoms with Crippen molar-refractivity contribution >= 4 is 23.2 Å². The molecule has 0 amide bonds. The summed E-state index contributed by atoms with van der Waals surface area (Å²) in [5.74, 6) is 0.178. The van der Waals surface area contributed by atoms with Gasteiger partial charge in [0, 0.05) is 16.7 Å². The molecule has 2 aromatic rings. The maximum absolute atomic E-state index is 11.0. The molecule has 1 heterocycles. The topological polar surface area (TPSA) is 95.2 Å². The zero-order valence-electron chi connectivity index (χ0n) is 9.51. The maximum Gasteiger partial charge on any atom is 0.280 e. The summed E-state index contributed by atoms with van der Waals surface area (Å²) < 4.78 is 4.88. The molecule has 1 aromatic heterocycles. The second-order valence-electron chi connectivity index (χ2n) is 3.65. The Hall–Kier alpha value is -2.08. The first kappa shape index (κ1) is 12.4. The Bertz CT molecular complexity index is 610. The number of benzene rings is 1. The highest BCUT2D eigenvalue weighted by Crippen LogP contribution is 2.35. The van der Waals surface area contributed by atoms with Gasteiger partial charge in [0.05, 0.1) is 10.5 Å². The summed E-state index contributed by atoms with van der Waals surface area (Å²) in [6.07, 6.45) is 0.574. The molecule has 1 aromatic carbocycles. The van der Waals surface area contributed by atoms with Gasteiger partial charge in [0.25, 0.3) is 5.69 Å². The first-order valence-corrected chi connectivity index (χ1v) is 5.60. The number of halogens is 1. The van der Waals surface area contributed by atoms with Gasteiger partial charge >= 0.3 is 0 Å². The van der Waals surface area contributed by atoms with Crippen molar-refractivity contribution in [1.29, 1.82) is 0 Å². The number of aromatic nitrogens is 1. The van der Waals surface area contributed by atoms with Gasteiger partial charge in [-0.25, -0.2) is 0 Å². The van der Waals surface area contributed by atoms with Crippen molar-refractivity contribution < 1.29 is 9.45 Å². The van der Waals surface area contributed by atoms with E-state index in [1.165, 1.54) is 12.1 Å².